The van der Waals surface area contributed by atoms with Gasteiger partial charge in [-0.15, -0.1) is 0 Å². The van der Waals surface area contributed by atoms with Crippen molar-refractivity contribution in [3.8, 4) is 11.8 Å². The molecule has 1 aromatic carbocycles. The largest absolute Gasteiger partial charge is 0.329 e. The second-order valence-electron chi connectivity index (χ2n) is 8.31. The van der Waals surface area contributed by atoms with E-state index >= 15 is 0 Å². The van der Waals surface area contributed by atoms with Crippen LogP contribution in [0.15, 0.2) is 23.0 Å². The van der Waals surface area contributed by atoms with E-state index in [1.165, 1.54) is 9.13 Å². The smallest absolute Gasteiger partial charge is 0.300 e. The number of amides is 2. The van der Waals surface area contributed by atoms with Crippen LogP contribution in [0.5, 0.6) is 0 Å². The highest BCUT2D eigenvalue weighted by Crippen LogP contribution is 2.29. The molecule has 1 N–H and O–H groups in total. The van der Waals surface area contributed by atoms with Gasteiger partial charge in [-0.25, -0.2) is 4.79 Å². The van der Waals surface area contributed by atoms with Crippen molar-refractivity contribution >= 4 is 28.6 Å². The zero-order valence-corrected chi connectivity index (χ0v) is 17.2. The number of fused-ring (bicyclic) bond motifs is 1. The third-order valence-electron chi connectivity index (χ3n) is 6.33. The van der Waals surface area contributed by atoms with E-state index in [9.17, 15) is 19.2 Å². The van der Waals surface area contributed by atoms with Crippen LogP contribution in [0.1, 0.15) is 57.1 Å². The first-order valence-corrected chi connectivity index (χ1v) is 10.4. The molecular formula is C23H25N3O4. The lowest BCUT2D eigenvalue weighted by Crippen LogP contribution is -2.44. The number of nitrogens with zero attached hydrogens (tertiary/aromatic N) is 2. The number of imidazole rings is 1. The number of carbonyl (C=O) groups is 3. The number of piperidine rings is 1. The van der Waals surface area contributed by atoms with Gasteiger partial charge in [0.2, 0.25) is 11.8 Å². The standard InChI is InChI=1S/C23H25N3O4/c1-14(27)17-8-5-15(6-9-17)3-4-16-7-10-18-20(13-16)25(2)23(30)26(18)19-11-12-21(28)24-22(19)29/h7,10,13,15,17,19H,5-6,8-9,11-12H2,1-2H3,(H,24,28,29). The van der Waals surface area contributed by atoms with Crippen LogP contribution >= 0.6 is 0 Å². The minimum atomic E-state index is -0.688. The third kappa shape index (κ3) is 3.70. The molecule has 2 heterocycles. The average molecular weight is 407 g/mol. The second kappa shape index (κ2) is 7.94. The molecule has 2 aliphatic rings. The predicted molar refractivity (Wildman–Crippen MR) is 112 cm³/mol. The van der Waals surface area contributed by atoms with E-state index in [-0.39, 0.29) is 35.6 Å². The molecular weight excluding hydrogens is 382 g/mol. The van der Waals surface area contributed by atoms with E-state index in [4.69, 9.17) is 0 Å². The lowest BCUT2D eigenvalue weighted by molar-refractivity contribution is -0.135. The van der Waals surface area contributed by atoms with Gasteiger partial charge in [0.05, 0.1) is 11.0 Å². The number of ketones is 1. The molecule has 1 atom stereocenters. The van der Waals surface area contributed by atoms with Gasteiger partial charge < -0.3 is 0 Å². The number of imide groups is 1. The average Bonchev–Trinajstić information content (AvgIpc) is 2.97. The van der Waals surface area contributed by atoms with Crippen LogP contribution in [0.4, 0.5) is 0 Å². The molecule has 1 aliphatic carbocycles. The Bertz CT molecular complexity index is 1150. The zero-order chi connectivity index (χ0) is 21.4. The maximum Gasteiger partial charge on any atom is 0.329 e. The number of Topliss-reactive ketones (excluding diaryl/α,β-unsaturated/α-hetero) is 1. The van der Waals surface area contributed by atoms with Gasteiger partial charge in [0.1, 0.15) is 11.8 Å². The Labute approximate surface area is 174 Å². The van der Waals surface area contributed by atoms with Crippen LogP contribution in [-0.2, 0) is 21.4 Å². The Hall–Kier alpha value is -3.14. The number of hydrogen-bond donors (Lipinski definition) is 1. The minimum absolute atomic E-state index is 0.181. The normalized spacial score (nSPS) is 24.3. The van der Waals surface area contributed by atoms with Gasteiger partial charge in [-0.05, 0) is 57.2 Å². The van der Waals surface area contributed by atoms with Crippen LogP contribution in [0.25, 0.3) is 11.0 Å². The van der Waals surface area contributed by atoms with Crippen molar-refractivity contribution < 1.29 is 14.4 Å². The summed E-state index contributed by atoms with van der Waals surface area (Å²) in [5.74, 6) is 6.53. The van der Waals surface area contributed by atoms with Gasteiger partial charge in [0.25, 0.3) is 0 Å². The monoisotopic (exact) mass is 407 g/mol. The molecule has 0 spiro atoms. The molecule has 1 saturated carbocycles. The number of aryl methyl sites for hydroxylation is 1. The SMILES string of the molecule is CC(=O)C1CCC(C#Cc2ccc3c(c2)n(C)c(=O)n3C2CCC(=O)NC2=O)CC1. The summed E-state index contributed by atoms with van der Waals surface area (Å²) in [6.45, 7) is 1.66. The van der Waals surface area contributed by atoms with Gasteiger partial charge in [-0.3, -0.25) is 28.8 Å². The summed E-state index contributed by atoms with van der Waals surface area (Å²) < 4.78 is 2.99. The molecule has 2 fully saturated rings. The molecule has 1 aliphatic heterocycles. The fourth-order valence-electron chi connectivity index (χ4n) is 4.50. The van der Waals surface area contributed by atoms with Crippen LogP contribution in [-0.4, -0.2) is 26.7 Å². The molecule has 0 radical (unpaired) electrons. The first kappa shape index (κ1) is 20.1. The fourth-order valence-corrected chi connectivity index (χ4v) is 4.50. The summed E-state index contributed by atoms with van der Waals surface area (Å²) in [7, 11) is 1.67. The molecule has 4 rings (SSSR count). The van der Waals surface area contributed by atoms with Crippen molar-refractivity contribution in [3.05, 3.63) is 34.2 Å². The molecule has 2 amide bonds. The number of carbonyl (C=O) groups excluding carboxylic acids is 3. The van der Waals surface area contributed by atoms with E-state index in [1.54, 1.807) is 14.0 Å². The summed E-state index contributed by atoms with van der Waals surface area (Å²) in [6, 6.07) is 4.86. The molecule has 1 unspecified atom stereocenters. The van der Waals surface area contributed by atoms with Crippen LogP contribution in [0.2, 0.25) is 0 Å². The molecule has 7 heteroatoms. The Morgan fingerprint density at radius 1 is 1.07 bits per heavy atom. The van der Waals surface area contributed by atoms with Crippen LogP contribution < -0.4 is 11.0 Å². The summed E-state index contributed by atoms with van der Waals surface area (Å²) >= 11 is 0. The van der Waals surface area contributed by atoms with Crippen molar-refractivity contribution in [3.63, 3.8) is 0 Å². The van der Waals surface area contributed by atoms with Crippen molar-refractivity contribution in [2.75, 3.05) is 0 Å². The van der Waals surface area contributed by atoms with E-state index < -0.39 is 11.9 Å². The predicted octanol–water partition coefficient (Wildman–Crippen LogP) is 2.06. The van der Waals surface area contributed by atoms with E-state index in [1.807, 2.05) is 18.2 Å². The molecule has 7 nitrogen and oxygen atoms in total. The van der Waals surface area contributed by atoms with Crippen molar-refractivity contribution in [1.29, 1.82) is 0 Å². The highest BCUT2D eigenvalue weighted by Gasteiger charge is 2.31. The first-order valence-electron chi connectivity index (χ1n) is 10.4. The Morgan fingerprint density at radius 3 is 2.47 bits per heavy atom. The molecule has 0 bridgehead atoms. The third-order valence-corrected chi connectivity index (χ3v) is 6.33. The number of nitrogens with one attached hydrogen (secondary N) is 1. The van der Waals surface area contributed by atoms with Gasteiger partial charge in [0, 0.05) is 30.9 Å². The van der Waals surface area contributed by atoms with Gasteiger partial charge in [-0.1, -0.05) is 11.8 Å². The van der Waals surface area contributed by atoms with Crippen LogP contribution in [0, 0.1) is 23.7 Å². The molecule has 156 valence electrons. The minimum Gasteiger partial charge on any atom is -0.300 e. The highest BCUT2D eigenvalue weighted by molar-refractivity contribution is 6.00. The second-order valence-corrected chi connectivity index (χ2v) is 8.31. The lowest BCUT2D eigenvalue weighted by Gasteiger charge is -2.23. The highest BCUT2D eigenvalue weighted by atomic mass is 16.2. The van der Waals surface area contributed by atoms with E-state index in [0.29, 0.717) is 17.5 Å². The summed E-state index contributed by atoms with van der Waals surface area (Å²) in [4.78, 5) is 48.0. The number of aromatic nitrogens is 2. The number of benzene rings is 1. The van der Waals surface area contributed by atoms with Gasteiger partial charge in [-0.2, -0.15) is 0 Å². The zero-order valence-electron chi connectivity index (χ0n) is 17.2. The van der Waals surface area contributed by atoms with Crippen molar-refractivity contribution in [2.45, 2.75) is 51.5 Å². The first-order chi connectivity index (χ1) is 14.3. The van der Waals surface area contributed by atoms with Crippen molar-refractivity contribution in [2.24, 2.45) is 18.9 Å². The van der Waals surface area contributed by atoms with Gasteiger partial charge >= 0.3 is 5.69 Å². The quantitative estimate of drug-likeness (QED) is 0.610. The molecule has 1 aromatic heterocycles. The number of hydrogen-bond acceptors (Lipinski definition) is 4. The topological polar surface area (TPSA) is 90.2 Å². The maximum absolute atomic E-state index is 12.8. The summed E-state index contributed by atoms with van der Waals surface area (Å²) in [6.07, 6.45) is 4.20. The lowest BCUT2D eigenvalue weighted by atomic mass is 9.80. The summed E-state index contributed by atoms with van der Waals surface area (Å²) in [5.41, 5.74) is 1.89. The van der Waals surface area contributed by atoms with Crippen LogP contribution in [0.3, 0.4) is 0 Å². The Balaban J connectivity index is 1.60. The van der Waals surface area contributed by atoms with Gasteiger partial charge in [0.15, 0.2) is 0 Å². The molecule has 1 saturated heterocycles. The molecule has 30 heavy (non-hydrogen) atoms. The van der Waals surface area contributed by atoms with E-state index in [0.717, 1.165) is 31.2 Å². The maximum atomic E-state index is 12.8. The van der Waals surface area contributed by atoms with E-state index in [2.05, 4.69) is 17.2 Å². The molecule has 2 aromatic rings. The number of rotatable bonds is 2. The van der Waals surface area contributed by atoms with Crippen molar-refractivity contribution in [1.82, 2.24) is 14.5 Å². The Kier molecular flexibility index (Phi) is 5.33. The summed E-state index contributed by atoms with van der Waals surface area (Å²) in [5, 5.41) is 2.32. The Morgan fingerprint density at radius 2 is 1.80 bits per heavy atom. The fraction of sp³-hybridized carbons (Fsp3) is 0.478.